The molecule has 0 amide bonds. The third-order valence-electron chi connectivity index (χ3n) is 1.60. The maximum absolute atomic E-state index is 10.8. The van der Waals surface area contributed by atoms with E-state index < -0.39 is 10.5 Å². The first-order valence-corrected chi connectivity index (χ1v) is 4.39. The topological polar surface area (TPSA) is 43.4 Å². The predicted octanol–water partition coefficient (Wildman–Crippen LogP) is 2.45. The number of ether oxygens (including phenoxy) is 1. The van der Waals surface area contributed by atoms with Crippen LogP contribution in [0.4, 0.5) is 0 Å². The van der Waals surface area contributed by atoms with Crippen molar-refractivity contribution in [2.75, 3.05) is 7.11 Å². The summed E-state index contributed by atoms with van der Waals surface area (Å²) in [7, 11) is 1.42. The van der Waals surface area contributed by atoms with Gasteiger partial charge in [-0.3, -0.25) is 9.59 Å². The second-order valence-corrected chi connectivity index (χ2v) is 3.18. The third kappa shape index (κ3) is 2.47. The van der Waals surface area contributed by atoms with Gasteiger partial charge >= 0.3 is 0 Å². The average Bonchev–Trinajstić information content (AvgIpc) is 2.16. The SMILES string of the molecule is COc1cc(C(=O)Cl)cc(C(=O)Cl)c1. The van der Waals surface area contributed by atoms with Crippen molar-refractivity contribution in [1.29, 1.82) is 0 Å². The molecule has 0 atom stereocenters. The normalized spacial score (nSPS) is 9.64. The van der Waals surface area contributed by atoms with E-state index >= 15 is 0 Å². The first kappa shape index (κ1) is 11.0. The number of carbonyl (C=O) groups excluding carboxylic acids is 2. The highest BCUT2D eigenvalue weighted by molar-refractivity contribution is 6.69. The fourth-order valence-electron chi connectivity index (χ4n) is 0.944. The number of carbonyl (C=O) groups is 2. The van der Waals surface area contributed by atoms with Crippen molar-refractivity contribution in [3.63, 3.8) is 0 Å². The summed E-state index contributed by atoms with van der Waals surface area (Å²) >= 11 is 10.5. The molecule has 1 rings (SSSR count). The molecule has 3 nitrogen and oxygen atoms in total. The zero-order valence-electron chi connectivity index (χ0n) is 7.21. The Hall–Kier alpha value is -1.06. The molecule has 0 saturated heterocycles. The smallest absolute Gasteiger partial charge is 0.252 e. The molecule has 0 saturated carbocycles. The summed E-state index contributed by atoms with van der Waals surface area (Å²) in [5.41, 5.74) is 0.352. The lowest BCUT2D eigenvalue weighted by molar-refractivity contribution is 0.108. The van der Waals surface area contributed by atoms with E-state index in [-0.39, 0.29) is 11.1 Å². The van der Waals surface area contributed by atoms with E-state index in [1.807, 2.05) is 0 Å². The second kappa shape index (κ2) is 4.44. The van der Waals surface area contributed by atoms with Crippen LogP contribution in [0.2, 0.25) is 0 Å². The average molecular weight is 233 g/mol. The van der Waals surface area contributed by atoms with Crippen molar-refractivity contribution in [1.82, 2.24) is 0 Å². The minimum absolute atomic E-state index is 0.176. The Labute approximate surface area is 90.6 Å². The molecule has 0 heterocycles. The predicted molar refractivity (Wildman–Crippen MR) is 53.4 cm³/mol. The van der Waals surface area contributed by atoms with Crippen LogP contribution in [0.1, 0.15) is 20.7 Å². The molecule has 0 spiro atoms. The van der Waals surface area contributed by atoms with Crippen LogP contribution >= 0.6 is 23.2 Å². The highest BCUT2D eigenvalue weighted by atomic mass is 35.5. The Balaban J connectivity index is 3.27. The lowest BCUT2D eigenvalue weighted by Gasteiger charge is -2.03. The number of methoxy groups -OCH3 is 1. The molecule has 5 heteroatoms. The van der Waals surface area contributed by atoms with Crippen LogP contribution < -0.4 is 4.74 Å². The Kier molecular flexibility index (Phi) is 3.49. The van der Waals surface area contributed by atoms with Crippen LogP contribution in [0.3, 0.4) is 0 Å². The Bertz CT molecular complexity index is 355. The first-order chi connectivity index (χ1) is 6.54. The van der Waals surface area contributed by atoms with E-state index in [0.717, 1.165) is 0 Å². The molecule has 0 aromatic heterocycles. The van der Waals surface area contributed by atoms with Crippen molar-refractivity contribution in [2.24, 2.45) is 0 Å². The minimum atomic E-state index is -0.664. The van der Waals surface area contributed by atoms with Gasteiger partial charge in [-0.1, -0.05) is 0 Å². The van der Waals surface area contributed by atoms with Crippen molar-refractivity contribution in [3.8, 4) is 5.75 Å². The van der Waals surface area contributed by atoms with E-state index in [1.165, 1.54) is 25.3 Å². The minimum Gasteiger partial charge on any atom is -0.497 e. The van der Waals surface area contributed by atoms with Crippen LogP contribution in [0, 0.1) is 0 Å². The quantitative estimate of drug-likeness (QED) is 0.753. The Morgan fingerprint density at radius 2 is 1.50 bits per heavy atom. The molecule has 0 bridgehead atoms. The summed E-state index contributed by atoms with van der Waals surface area (Å²) in [6, 6.07) is 4.17. The van der Waals surface area contributed by atoms with E-state index in [4.69, 9.17) is 27.9 Å². The van der Waals surface area contributed by atoms with Crippen molar-refractivity contribution < 1.29 is 14.3 Å². The molecule has 0 aliphatic heterocycles. The molecule has 14 heavy (non-hydrogen) atoms. The van der Waals surface area contributed by atoms with Crippen molar-refractivity contribution in [2.45, 2.75) is 0 Å². The van der Waals surface area contributed by atoms with Gasteiger partial charge in [0, 0.05) is 11.1 Å². The number of halogens is 2. The van der Waals surface area contributed by atoms with Crippen LogP contribution in [0.25, 0.3) is 0 Å². The second-order valence-electron chi connectivity index (χ2n) is 2.50. The molecular formula is C9H6Cl2O3. The Morgan fingerprint density at radius 1 is 1.07 bits per heavy atom. The summed E-state index contributed by atoms with van der Waals surface area (Å²) in [6.07, 6.45) is 0. The monoisotopic (exact) mass is 232 g/mol. The highest BCUT2D eigenvalue weighted by Gasteiger charge is 2.10. The van der Waals surface area contributed by atoms with Gasteiger partial charge in [0.1, 0.15) is 5.75 Å². The van der Waals surface area contributed by atoms with Crippen LogP contribution in [0.15, 0.2) is 18.2 Å². The molecule has 0 unspecified atom stereocenters. The first-order valence-electron chi connectivity index (χ1n) is 3.63. The van der Waals surface area contributed by atoms with E-state index in [9.17, 15) is 9.59 Å². The van der Waals surface area contributed by atoms with E-state index in [0.29, 0.717) is 5.75 Å². The summed E-state index contributed by atoms with van der Waals surface area (Å²) in [5, 5.41) is -1.33. The van der Waals surface area contributed by atoms with Gasteiger partial charge in [-0.25, -0.2) is 0 Å². The molecule has 74 valence electrons. The van der Waals surface area contributed by atoms with Gasteiger partial charge in [0.05, 0.1) is 7.11 Å². The van der Waals surface area contributed by atoms with Gasteiger partial charge in [-0.2, -0.15) is 0 Å². The zero-order valence-corrected chi connectivity index (χ0v) is 8.72. The van der Waals surface area contributed by atoms with E-state index in [2.05, 4.69) is 0 Å². The largest absolute Gasteiger partial charge is 0.497 e. The molecule has 0 aliphatic rings. The summed E-state index contributed by atoms with van der Waals surface area (Å²) in [6.45, 7) is 0. The highest BCUT2D eigenvalue weighted by Crippen LogP contribution is 2.19. The molecule has 1 aromatic rings. The lowest BCUT2D eigenvalue weighted by atomic mass is 10.1. The van der Waals surface area contributed by atoms with Gasteiger partial charge in [0.25, 0.3) is 10.5 Å². The molecular weight excluding hydrogens is 227 g/mol. The fourth-order valence-corrected chi connectivity index (χ4v) is 1.16. The maximum atomic E-state index is 10.8. The standard InChI is InChI=1S/C9H6Cl2O3/c1-14-7-3-5(8(10)12)2-6(4-7)9(11)13/h2-4H,1H3. The van der Waals surface area contributed by atoms with Crippen molar-refractivity contribution in [3.05, 3.63) is 29.3 Å². The van der Waals surface area contributed by atoms with Gasteiger partial charge in [-0.05, 0) is 41.4 Å². The molecule has 0 fully saturated rings. The van der Waals surface area contributed by atoms with Crippen LogP contribution in [-0.2, 0) is 0 Å². The molecule has 1 aromatic carbocycles. The van der Waals surface area contributed by atoms with Gasteiger partial charge < -0.3 is 4.74 Å². The number of hydrogen-bond acceptors (Lipinski definition) is 3. The van der Waals surface area contributed by atoms with Gasteiger partial charge in [0.2, 0.25) is 0 Å². The molecule has 0 radical (unpaired) electrons. The number of rotatable bonds is 3. The van der Waals surface area contributed by atoms with Crippen LogP contribution in [-0.4, -0.2) is 17.6 Å². The zero-order chi connectivity index (χ0) is 10.7. The lowest BCUT2D eigenvalue weighted by Crippen LogP contribution is -1.97. The third-order valence-corrected chi connectivity index (χ3v) is 2.03. The summed E-state index contributed by atoms with van der Waals surface area (Å²) in [5.74, 6) is 0.362. The summed E-state index contributed by atoms with van der Waals surface area (Å²) in [4.78, 5) is 21.7. The summed E-state index contributed by atoms with van der Waals surface area (Å²) < 4.78 is 4.87. The Morgan fingerprint density at radius 3 is 1.79 bits per heavy atom. The number of hydrogen-bond donors (Lipinski definition) is 0. The van der Waals surface area contributed by atoms with Crippen LogP contribution in [0.5, 0.6) is 5.75 Å². The fraction of sp³-hybridized carbons (Fsp3) is 0.111. The van der Waals surface area contributed by atoms with E-state index in [1.54, 1.807) is 0 Å². The number of benzene rings is 1. The molecule has 0 aliphatic carbocycles. The maximum Gasteiger partial charge on any atom is 0.252 e. The van der Waals surface area contributed by atoms with Gasteiger partial charge in [0.15, 0.2) is 0 Å². The van der Waals surface area contributed by atoms with Gasteiger partial charge in [-0.15, -0.1) is 0 Å². The van der Waals surface area contributed by atoms with Crippen molar-refractivity contribution >= 4 is 33.7 Å². The molecule has 0 N–H and O–H groups in total.